The van der Waals surface area contributed by atoms with Gasteiger partial charge in [0.05, 0.1) is 26.0 Å². The van der Waals surface area contributed by atoms with E-state index in [0.717, 1.165) is 11.9 Å². The molecule has 6 nitrogen and oxygen atoms in total. The van der Waals surface area contributed by atoms with E-state index in [1.54, 1.807) is 12.1 Å². The van der Waals surface area contributed by atoms with Gasteiger partial charge in [-0.15, -0.1) is 0 Å². The number of hydrogen-bond donors (Lipinski definition) is 1. The van der Waals surface area contributed by atoms with Crippen LogP contribution in [0.1, 0.15) is 27.0 Å². The molecule has 1 aliphatic heterocycles. The molecule has 2 aromatic rings. The molecule has 1 fully saturated rings. The van der Waals surface area contributed by atoms with Crippen LogP contribution >= 0.6 is 0 Å². The van der Waals surface area contributed by atoms with Crippen LogP contribution in [0.2, 0.25) is 0 Å². The molecule has 0 saturated carbocycles. The van der Waals surface area contributed by atoms with E-state index in [-0.39, 0.29) is 17.6 Å². The number of morpholine rings is 1. The monoisotopic (exact) mass is 502 g/mol. The normalized spacial score (nSPS) is 18.2. The minimum absolute atomic E-state index is 0.114. The Bertz CT molecular complexity index is 1160. The number of benzene rings is 1. The number of ether oxygens (including phenoxy) is 2. The highest BCUT2D eigenvalue weighted by Crippen LogP contribution is 2.50. The van der Waals surface area contributed by atoms with Gasteiger partial charge in [-0.1, -0.05) is 0 Å². The number of aliphatic hydroxyl groups is 1. The topological polar surface area (TPSA) is 71.9 Å². The van der Waals surface area contributed by atoms with Crippen LogP contribution in [-0.4, -0.2) is 61.6 Å². The number of carbonyl (C=O) groups excluding carboxylic acids is 1. The third kappa shape index (κ3) is 4.36. The summed E-state index contributed by atoms with van der Waals surface area (Å²) in [6, 6.07) is 3.89. The molecule has 0 bridgehead atoms. The number of Topliss-reactive ketones (excluding diaryl/α,β-unsaturated/α-hetero) is 1. The molecular weight excluding hydrogens is 482 g/mol. The number of halogens is 6. The molecule has 0 amide bonds. The van der Waals surface area contributed by atoms with E-state index in [0.29, 0.717) is 55.4 Å². The van der Waals surface area contributed by atoms with Gasteiger partial charge in [-0.2, -0.15) is 26.3 Å². The van der Waals surface area contributed by atoms with Crippen molar-refractivity contribution < 1.29 is 45.7 Å². The molecule has 4 rings (SSSR count). The van der Waals surface area contributed by atoms with Gasteiger partial charge in [-0.05, 0) is 35.4 Å². The van der Waals surface area contributed by atoms with Gasteiger partial charge in [-0.3, -0.25) is 9.78 Å². The van der Waals surface area contributed by atoms with E-state index in [1.807, 2.05) is 4.90 Å². The lowest BCUT2D eigenvalue weighted by molar-refractivity contribution is -0.376. The summed E-state index contributed by atoms with van der Waals surface area (Å²) in [5.74, 6) is 0.0310. The first-order chi connectivity index (χ1) is 16.4. The molecule has 0 spiro atoms. The number of aromatic nitrogens is 1. The van der Waals surface area contributed by atoms with Crippen LogP contribution in [0.15, 0.2) is 36.2 Å². The Balaban J connectivity index is 1.70. The molecule has 1 N–H and O–H groups in total. The Kier molecular flexibility index (Phi) is 6.30. The van der Waals surface area contributed by atoms with Gasteiger partial charge in [0.2, 0.25) is 0 Å². The smallest absolute Gasteiger partial charge is 0.430 e. The van der Waals surface area contributed by atoms with E-state index < -0.39 is 29.3 Å². The highest BCUT2D eigenvalue weighted by molar-refractivity contribution is 6.16. The van der Waals surface area contributed by atoms with Crippen molar-refractivity contribution in [2.45, 2.75) is 24.4 Å². The van der Waals surface area contributed by atoms with Crippen molar-refractivity contribution in [3.8, 4) is 5.75 Å². The molecule has 2 heterocycles. The molecule has 0 radical (unpaired) electrons. The number of hydrogen-bond acceptors (Lipinski definition) is 6. The maximum atomic E-state index is 13.2. The largest absolute Gasteiger partial charge is 0.495 e. The summed E-state index contributed by atoms with van der Waals surface area (Å²) in [6.45, 7) is 2.28. The number of allylic oxidation sites excluding steroid dienone is 1. The molecule has 188 valence electrons. The van der Waals surface area contributed by atoms with Crippen LogP contribution in [0, 0.1) is 0 Å². The van der Waals surface area contributed by atoms with E-state index in [2.05, 4.69) is 4.98 Å². The lowest BCUT2D eigenvalue weighted by Gasteiger charge is -2.32. The van der Waals surface area contributed by atoms with E-state index in [1.165, 1.54) is 13.2 Å². The molecule has 1 aromatic carbocycles. The summed E-state index contributed by atoms with van der Waals surface area (Å²) in [7, 11) is 1.46. The summed E-state index contributed by atoms with van der Waals surface area (Å²) < 4.78 is 90.2. The van der Waals surface area contributed by atoms with Crippen LogP contribution in [0.4, 0.5) is 32.0 Å². The number of pyridine rings is 1. The Morgan fingerprint density at radius 3 is 2.31 bits per heavy atom. The standard InChI is InChI=1S/C23H20F6N2O4/c1-34-19-10-17-14(9-18(19)31-2-4-35-5-3-31)8-15(20(17)32)6-13-7-16(12-30-11-13)21(33,22(24,25)26)23(27,28)29/h6-7,9-12,33H,2-5,8H2,1H3. The Hall–Kier alpha value is -3.12. The lowest BCUT2D eigenvalue weighted by Crippen LogP contribution is -2.54. The Labute approximate surface area is 195 Å². The van der Waals surface area contributed by atoms with Crippen molar-refractivity contribution in [3.63, 3.8) is 0 Å². The molecule has 0 atom stereocenters. The second-order valence-electron chi connectivity index (χ2n) is 8.17. The summed E-state index contributed by atoms with van der Waals surface area (Å²) >= 11 is 0. The van der Waals surface area contributed by atoms with Gasteiger partial charge < -0.3 is 19.5 Å². The number of carbonyl (C=O) groups is 1. The fourth-order valence-corrected chi connectivity index (χ4v) is 4.18. The lowest BCUT2D eigenvalue weighted by atomic mass is 9.92. The number of rotatable bonds is 4. The summed E-state index contributed by atoms with van der Waals surface area (Å²) in [5, 5.41) is 9.64. The zero-order valence-electron chi connectivity index (χ0n) is 18.3. The first kappa shape index (κ1) is 25.0. The third-order valence-corrected chi connectivity index (χ3v) is 6.01. The maximum Gasteiger partial charge on any atom is 0.430 e. The average Bonchev–Trinajstić information content (AvgIpc) is 3.11. The van der Waals surface area contributed by atoms with Crippen molar-refractivity contribution in [2.75, 3.05) is 38.3 Å². The molecule has 12 heteroatoms. The number of ketones is 1. The van der Waals surface area contributed by atoms with Gasteiger partial charge in [0.1, 0.15) is 5.75 Å². The van der Waals surface area contributed by atoms with Crippen LogP contribution in [0.3, 0.4) is 0 Å². The Morgan fingerprint density at radius 2 is 1.71 bits per heavy atom. The van der Waals surface area contributed by atoms with Crippen LogP contribution in [-0.2, 0) is 16.8 Å². The fourth-order valence-electron chi connectivity index (χ4n) is 4.18. The van der Waals surface area contributed by atoms with Crippen molar-refractivity contribution in [1.82, 2.24) is 4.98 Å². The molecule has 1 saturated heterocycles. The highest BCUT2D eigenvalue weighted by atomic mass is 19.4. The van der Waals surface area contributed by atoms with Gasteiger partial charge in [-0.25, -0.2) is 0 Å². The minimum Gasteiger partial charge on any atom is -0.495 e. The van der Waals surface area contributed by atoms with E-state index in [4.69, 9.17) is 9.47 Å². The fraction of sp³-hybridized carbons (Fsp3) is 0.391. The predicted molar refractivity (Wildman–Crippen MR) is 112 cm³/mol. The molecular formula is C23H20F6N2O4. The molecule has 1 aromatic heterocycles. The zero-order chi connectivity index (χ0) is 25.6. The highest BCUT2D eigenvalue weighted by Gasteiger charge is 2.71. The van der Waals surface area contributed by atoms with Crippen molar-refractivity contribution in [1.29, 1.82) is 0 Å². The van der Waals surface area contributed by atoms with Gasteiger partial charge in [0, 0.05) is 48.6 Å². The zero-order valence-corrected chi connectivity index (χ0v) is 18.3. The van der Waals surface area contributed by atoms with Crippen molar-refractivity contribution in [2.24, 2.45) is 0 Å². The average molecular weight is 502 g/mol. The first-order valence-electron chi connectivity index (χ1n) is 10.5. The van der Waals surface area contributed by atoms with Crippen LogP contribution < -0.4 is 9.64 Å². The number of alkyl halides is 6. The van der Waals surface area contributed by atoms with Gasteiger partial charge in [0.25, 0.3) is 5.60 Å². The van der Waals surface area contributed by atoms with Crippen molar-refractivity contribution >= 4 is 17.5 Å². The van der Waals surface area contributed by atoms with Gasteiger partial charge in [0.15, 0.2) is 5.78 Å². The number of methoxy groups -OCH3 is 1. The van der Waals surface area contributed by atoms with Crippen LogP contribution in [0.5, 0.6) is 5.75 Å². The molecule has 2 aliphatic rings. The third-order valence-electron chi connectivity index (χ3n) is 6.01. The number of anilines is 1. The van der Waals surface area contributed by atoms with E-state index >= 15 is 0 Å². The molecule has 1 aliphatic carbocycles. The van der Waals surface area contributed by atoms with E-state index in [9.17, 15) is 36.2 Å². The minimum atomic E-state index is -6.04. The van der Waals surface area contributed by atoms with Gasteiger partial charge >= 0.3 is 12.4 Å². The first-order valence-corrected chi connectivity index (χ1v) is 10.5. The van der Waals surface area contributed by atoms with Crippen LogP contribution in [0.25, 0.3) is 6.08 Å². The Morgan fingerprint density at radius 1 is 1.06 bits per heavy atom. The second kappa shape index (κ2) is 8.83. The SMILES string of the molecule is COc1cc2c(cc1N1CCOCC1)CC(=Cc1cncc(C(O)(C(F)(F)F)C(F)(F)F)c1)C2=O. The predicted octanol–water partition coefficient (Wildman–Crippen LogP) is 4.06. The quantitative estimate of drug-likeness (QED) is 0.503. The molecule has 0 unspecified atom stereocenters. The molecule has 35 heavy (non-hydrogen) atoms. The number of fused-ring (bicyclic) bond motifs is 1. The summed E-state index contributed by atoms with van der Waals surface area (Å²) in [5.41, 5.74) is -4.90. The summed E-state index contributed by atoms with van der Waals surface area (Å²) in [6.07, 6.45) is -9.47. The second-order valence-corrected chi connectivity index (χ2v) is 8.17. The maximum absolute atomic E-state index is 13.2. The number of nitrogens with zero attached hydrogens (tertiary/aromatic N) is 2. The van der Waals surface area contributed by atoms with Crippen molar-refractivity contribution in [3.05, 3.63) is 58.4 Å². The summed E-state index contributed by atoms with van der Waals surface area (Å²) in [4.78, 5) is 18.5.